The van der Waals surface area contributed by atoms with Crippen LogP contribution in [0.5, 0.6) is 0 Å². The predicted octanol–water partition coefficient (Wildman–Crippen LogP) is 1.70. The van der Waals surface area contributed by atoms with Crippen LogP contribution in [0.25, 0.3) is 5.52 Å². The van der Waals surface area contributed by atoms with E-state index in [4.69, 9.17) is 4.84 Å². The quantitative estimate of drug-likeness (QED) is 0.673. The number of nitrogens with zero attached hydrogens (tertiary/aromatic N) is 3. The third-order valence-electron chi connectivity index (χ3n) is 3.56. The van der Waals surface area contributed by atoms with Crippen LogP contribution in [0.15, 0.2) is 54.9 Å². The van der Waals surface area contributed by atoms with Crippen molar-refractivity contribution < 1.29 is 19.2 Å². The van der Waals surface area contributed by atoms with Crippen LogP contribution in [0.1, 0.15) is 31.1 Å². The zero-order valence-corrected chi connectivity index (χ0v) is 11.7. The molecule has 0 fully saturated rings. The molecule has 3 aromatic rings. The molecule has 0 bridgehead atoms. The maximum absolute atomic E-state index is 12.2. The molecule has 3 heterocycles. The van der Waals surface area contributed by atoms with Gasteiger partial charge in [0.1, 0.15) is 0 Å². The van der Waals surface area contributed by atoms with Crippen molar-refractivity contribution in [3.05, 3.63) is 71.5 Å². The molecule has 4 rings (SSSR count). The summed E-state index contributed by atoms with van der Waals surface area (Å²) in [6.45, 7) is 0. The highest BCUT2D eigenvalue weighted by atomic mass is 16.7. The van der Waals surface area contributed by atoms with E-state index in [2.05, 4.69) is 5.10 Å². The van der Waals surface area contributed by atoms with Gasteiger partial charge in [-0.05, 0) is 30.3 Å². The fourth-order valence-corrected chi connectivity index (χ4v) is 2.42. The van der Waals surface area contributed by atoms with E-state index < -0.39 is 17.8 Å². The first-order valence-corrected chi connectivity index (χ1v) is 6.79. The minimum Gasteiger partial charge on any atom is -0.324 e. The standard InChI is InChI=1S/C16H9N3O4/c20-14-12-3-1-2-4-13(12)15(21)19(14)23-16(22)10-5-6-11-7-8-17-18(11)9-10/h1-9H. The number of amides is 2. The van der Waals surface area contributed by atoms with Crippen molar-refractivity contribution in [1.29, 1.82) is 0 Å². The highest BCUT2D eigenvalue weighted by Gasteiger charge is 2.38. The van der Waals surface area contributed by atoms with Crippen LogP contribution in [0, 0.1) is 0 Å². The van der Waals surface area contributed by atoms with Gasteiger partial charge in [-0.2, -0.15) is 5.10 Å². The van der Waals surface area contributed by atoms with Gasteiger partial charge in [-0.3, -0.25) is 9.59 Å². The number of hydrogen-bond acceptors (Lipinski definition) is 5. The lowest BCUT2D eigenvalue weighted by Gasteiger charge is -2.12. The third-order valence-corrected chi connectivity index (χ3v) is 3.56. The normalized spacial score (nSPS) is 13.5. The van der Waals surface area contributed by atoms with Crippen LogP contribution in [-0.4, -0.2) is 32.5 Å². The fraction of sp³-hybridized carbons (Fsp3) is 0. The first kappa shape index (κ1) is 13.2. The summed E-state index contributed by atoms with van der Waals surface area (Å²) in [6, 6.07) is 11.3. The molecule has 2 aromatic heterocycles. The Bertz CT molecular complexity index is 941. The molecule has 23 heavy (non-hydrogen) atoms. The molecule has 112 valence electrons. The Balaban J connectivity index is 1.62. The van der Waals surface area contributed by atoms with Crippen molar-refractivity contribution in [3.63, 3.8) is 0 Å². The highest BCUT2D eigenvalue weighted by Crippen LogP contribution is 2.23. The first-order valence-electron chi connectivity index (χ1n) is 6.79. The monoisotopic (exact) mass is 307 g/mol. The molecule has 7 nitrogen and oxygen atoms in total. The number of benzene rings is 1. The van der Waals surface area contributed by atoms with Crippen molar-refractivity contribution in [2.75, 3.05) is 0 Å². The summed E-state index contributed by atoms with van der Waals surface area (Å²) in [5.74, 6) is -2.12. The lowest BCUT2D eigenvalue weighted by Crippen LogP contribution is -2.32. The number of carbonyl (C=O) groups excluding carboxylic acids is 3. The van der Waals surface area contributed by atoms with E-state index in [0.29, 0.717) is 5.06 Å². The first-order chi connectivity index (χ1) is 11.1. The van der Waals surface area contributed by atoms with Gasteiger partial charge in [-0.1, -0.05) is 17.2 Å². The molecule has 7 heteroatoms. The molecule has 0 saturated heterocycles. The third kappa shape index (κ3) is 1.98. The molecule has 1 aliphatic rings. The number of carbonyl (C=O) groups is 3. The Hall–Kier alpha value is -3.48. The van der Waals surface area contributed by atoms with E-state index in [1.54, 1.807) is 30.5 Å². The maximum Gasteiger partial charge on any atom is 0.365 e. The van der Waals surface area contributed by atoms with Gasteiger partial charge in [0, 0.05) is 12.4 Å². The van der Waals surface area contributed by atoms with Crippen LogP contribution in [0.2, 0.25) is 0 Å². The van der Waals surface area contributed by atoms with Gasteiger partial charge in [0.25, 0.3) is 11.8 Å². The van der Waals surface area contributed by atoms with Crippen molar-refractivity contribution in [3.8, 4) is 0 Å². The van der Waals surface area contributed by atoms with Crippen LogP contribution < -0.4 is 0 Å². The lowest BCUT2D eigenvalue weighted by molar-refractivity contribution is -0.0584. The van der Waals surface area contributed by atoms with E-state index >= 15 is 0 Å². The molecule has 0 aliphatic carbocycles. The van der Waals surface area contributed by atoms with Crippen molar-refractivity contribution in [2.45, 2.75) is 0 Å². The summed E-state index contributed by atoms with van der Waals surface area (Å²) >= 11 is 0. The molecule has 2 amide bonds. The van der Waals surface area contributed by atoms with Gasteiger partial charge in [-0.15, -0.1) is 0 Å². The van der Waals surface area contributed by atoms with E-state index in [1.807, 2.05) is 0 Å². The second kappa shape index (κ2) is 4.77. The minimum absolute atomic E-state index is 0.178. The summed E-state index contributed by atoms with van der Waals surface area (Å²) in [6.07, 6.45) is 3.06. The topological polar surface area (TPSA) is 81.0 Å². The van der Waals surface area contributed by atoms with Gasteiger partial charge >= 0.3 is 5.97 Å². The Kier molecular flexibility index (Phi) is 2.74. The lowest BCUT2D eigenvalue weighted by atomic mass is 10.1. The molecular weight excluding hydrogens is 298 g/mol. The summed E-state index contributed by atoms with van der Waals surface area (Å²) in [7, 11) is 0. The number of fused-ring (bicyclic) bond motifs is 2. The SMILES string of the molecule is O=C(ON1C(=O)c2ccccc2C1=O)c1ccc2ccnn2c1. The van der Waals surface area contributed by atoms with Gasteiger partial charge in [0.05, 0.1) is 22.2 Å². The van der Waals surface area contributed by atoms with Crippen molar-refractivity contribution >= 4 is 23.3 Å². The number of pyridine rings is 1. The molecule has 1 aromatic carbocycles. The summed E-state index contributed by atoms with van der Waals surface area (Å²) in [5, 5.41) is 4.50. The molecule has 1 aliphatic heterocycles. The molecule has 0 unspecified atom stereocenters. The van der Waals surface area contributed by atoms with Crippen LogP contribution in [0.4, 0.5) is 0 Å². The zero-order valence-electron chi connectivity index (χ0n) is 11.7. The maximum atomic E-state index is 12.2. The van der Waals surface area contributed by atoms with Crippen molar-refractivity contribution in [1.82, 2.24) is 14.7 Å². The predicted molar refractivity (Wildman–Crippen MR) is 77.5 cm³/mol. The Labute approximate surface area is 129 Å². The number of hydroxylamine groups is 2. The number of rotatable bonds is 2. The van der Waals surface area contributed by atoms with E-state index in [9.17, 15) is 14.4 Å². The Morgan fingerprint density at radius 2 is 1.65 bits per heavy atom. The molecule has 0 N–H and O–H groups in total. The van der Waals surface area contributed by atoms with E-state index in [0.717, 1.165) is 5.52 Å². The second-order valence-electron chi connectivity index (χ2n) is 4.95. The second-order valence-corrected chi connectivity index (χ2v) is 4.95. The molecule has 0 spiro atoms. The number of aromatic nitrogens is 2. The van der Waals surface area contributed by atoms with Crippen molar-refractivity contribution in [2.24, 2.45) is 0 Å². The van der Waals surface area contributed by atoms with Crippen LogP contribution in [-0.2, 0) is 4.84 Å². The summed E-state index contributed by atoms with van der Waals surface area (Å²) in [4.78, 5) is 41.5. The van der Waals surface area contributed by atoms with Gasteiger partial charge in [0.15, 0.2) is 0 Å². The molecule has 0 saturated carbocycles. The summed E-state index contributed by atoms with van der Waals surface area (Å²) < 4.78 is 1.50. The molecule has 0 radical (unpaired) electrons. The van der Waals surface area contributed by atoms with Gasteiger partial charge in [0.2, 0.25) is 0 Å². The zero-order chi connectivity index (χ0) is 16.0. The average molecular weight is 307 g/mol. The summed E-state index contributed by atoms with van der Waals surface area (Å²) in [5.41, 5.74) is 1.42. The van der Waals surface area contributed by atoms with Gasteiger partial charge < -0.3 is 4.84 Å². The number of imide groups is 1. The Morgan fingerprint density at radius 3 is 2.35 bits per heavy atom. The van der Waals surface area contributed by atoms with E-state index in [1.165, 1.54) is 28.9 Å². The molecular formula is C16H9N3O4. The average Bonchev–Trinajstić information content (AvgIpc) is 3.13. The fourth-order valence-electron chi connectivity index (χ4n) is 2.42. The van der Waals surface area contributed by atoms with Gasteiger partial charge in [-0.25, -0.2) is 9.31 Å². The Morgan fingerprint density at radius 1 is 0.957 bits per heavy atom. The van der Waals surface area contributed by atoms with Crippen LogP contribution in [0.3, 0.4) is 0 Å². The van der Waals surface area contributed by atoms with Crippen LogP contribution >= 0.6 is 0 Å². The largest absolute Gasteiger partial charge is 0.365 e. The molecule has 0 atom stereocenters. The smallest absolute Gasteiger partial charge is 0.324 e. The highest BCUT2D eigenvalue weighted by molar-refractivity contribution is 6.21. The van der Waals surface area contributed by atoms with E-state index in [-0.39, 0.29) is 16.7 Å². The minimum atomic E-state index is -0.808. The number of hydrogen-bond donors (Lipinski definition) is 0.